The van der Waals surface area contributed by atoms with E-state index in [-0.39, 0.29) is 19.0 Å². The van der Waals surface area contributed by atoms with E-state index in [1.807, 2.05) is 0 Å². The molecule has 1 saturated heterocycles. The summed E-state index contributed by atoms with van der Waals surface area (Å²) in [5, 5.41) is 4.92. The van der Waals surface area contributed by atoms with Gasteiger partial charge in [-0.2, -0.15) is 0 Å². The SMILES string of the molecule is C[C@H]1CCCCN1CC(=O)NC(=O)NCc1ccco1. The van der Waals surface area contributed by atoms with Crippen LogP contribution in [-0.2, 0) is 11.3 Å². The van der Waals surface area contributed by atoms with Gasteiger partial charge in [0.2, 0.25) is 5.91 Å². The molecule has 3 amide bonds. The molecule has 20 heavy (non-hydrogen) atoms. The highest BCUT2D eigenvalue weighted by atomic mass is 16.3. The Morgan fingerprint density at radius 3 is 3.00 bits per heavy atom. The number of hydrogen-bond acceptors (Lipinski definition) is 4. The van der Waals surface area contributed by atoms with Crippen LogP contribution in [0.3, 0.4) is 0 Å². The van der Waals surface area contributed by atoms with Gasteiger partial charge in [0.25, 0.3) is 0 Å². The van der Waals surface area contributed by atoms with Gasteiger partial charge in [-0.05, 0) is 38.4 Å². The molecule has 0 saturated carbocycles. The monoisotopic (exact) mass is 279 g/mol. The number of piperidine rings is 1. The summed E-state index contributed by atoms with van der Waals surface area (Å²) in [5.41, 5.74) is 0. The standard InChI is InChI=1S/C14H21N3O3/c1-11-5-2-3-7-17(11)10-13(18)16-14(19)15-9-12-6-4-8-20-12/h4,6,8,11H,2-3,5,7,9-10H2,1H3,(H2,15,16,18,19)/t11-/m0/s1. The van der Waals surface area contributed by atoms with Gasteiger partial charge in [0.15, 0.2) is 0 Å². The molecule has 110 valence electrons. The zero-order valence-electron chi connectivity index (χ0n) is 11.7. The zero-order valence-corrected chi connectivity index (χ0v) is 11.7. The maximum atomic E-state index is 11.8. The van der Waals surface area contributed by atoms with E-state index in [2.05, 4.69) is 22.5 Å². The Balaban J connectivity index is 1.69. The second-order valence-corrected chi connectivity index (χ2v) is 5.13. The van der Waals surface area contributed by atoms with Crippen molar-refractivity contribution < 1.29 is 14.0 Å². The number of carbonyl (C=O) groups excluding carboxylic acids is 2. The molecule has 1 fully saturated rings. The molecule has 0 radical (unpaired) electrons. The second-order valence-electron chi connectivity index (χ2n) is 5.13. The van der Waals surface area contributed by atoms with E-state index in [0.717, 1.165) is 19.4 Å². The van der Waals surface area contributed by atoms with E-state index >= 15 is 0 Å². The maximum absolute atomic E-state index is 11.8. The molecule has 2 rings (SSSR count). The first-order chi connectivity index (χ1) is 9.65. The fraction of sp³-hybridized carbons (Fsp3) is 0.571. The summed E-state index contributed by atoms with van der Waals surface area (Å²) < 4.78 is 5.09. The Morgan fingerprint density at radius 1 is 1.45 bits per heavy atom. The lowest BCUT2D eigenvalue weighted by atomic mass is 10.0. The minimum absolute atomic E-state index is 0.268. The van der Waals surface area contributed by atoms with E-state index in [0.29, 0.717) is 11.8 Å². The number of nitrogens with zero attached hydrogens (tertiary/aromatic N) is 1. The average Bonchev–Trinajstić information content (AvgIpc) is 2.92. The molecule has 0 spiro atoms. The third-order valence-electron chi connectivity index (χ3n) is 3.54. The molecule has 2 heterocycles. The van der Waals surface area contributed by atoms with Gasteiger partial charge < -0.3 is 9.73 Å². The van der Waals surface area contributed by atoms with E-state index in [1.54, 1.807) is 12.1 Å². The third-order valence-corrected chi connectivity index (χ3v) is 3.54. The number of nitrogens with one attached hydrogen (secondary N) is 2. The highest BCUT2D eigenvalue weighted by molar-refractivity contribution is 5.95. The minimum atomic E-state index is -0.490. The van der Waals surface area contributed by atoms with Crippen LogP contribution in [0.4, 0.5) is 4.79 Å². The van der Waals surface area contributed by atoms with Crippen LogP contribution in [0.2, 0.25) is 0 Å². The van der Waals surface area contributed by atoms with Crippen molar-refractivity contribution in [3.63, 3.8) is 0 Å². The molecule has 1 aliphatic rings. The molecule has 2 N–H and O–H groups in total. The highest BCUT2D eigenvalue weighted by Crippen LogP contribution is 2.15. The Morgan fingerprint density at radius 2 is 2.30 bits per heavy atom. The normalized spacial score (nSPS) is 19.6. The Labute approximate surface area is 118 Å². The fourth-order valence-electron chi connectivity index (χ4n) is 2.37. The summed E-state index contributed by atoms with van der Waals surface area (Å²) in [5.74, 6) is 0.382. The summed E-state index contributed by atoms with van der Waals surface area (Å²) in [6, 6.07) is 3.42. The topological polar surface area (TPSA) is 74.6 Å². The van der Waals surface area contributed by atoms with Crippen LogP contribution >= 0.6 is 0 Å². The van der Waals surface area contributed by atoms with Gasteiger partial charge in [0, 0.05) is 6.04 Å². The smallest absolute Gasteiger partial charge is 0.321 e. The van der Waals surface area contributed by atoms with Crippen molar-refractivity contribution in [2.45, 2.75) is 38.8 Å². The quantitative estimate of drug-likeness (QED) is 0.875. The van der Waals surface area contributed by atoms with Gasteiger partial charge in [0.05, 0.1) is 19.4 Å². The molecule has 0 aromatic carbocycles. The van der Waals surface area contributed by atoms with Crippen molar-refractivity contribution in [2.75, 3.05) is 13.1 Å². The summed E-state index contributed by atoms with van der Waals surface area (Å²) in [6.45, 7) is 3.58. The summed E-state index contributed by atoms with van der Waals surface area (Å²) in [7, 11) is 0. The van der Waals surface area contributed by atoms with Crippen LogP contribution in [0.1, 0.15) is 31.9 Å². The molecule has 1 aliphatic heterocycles. The number of rotatable bonds is 4. The minimum Gasteiger partial charge on any atom is -0.467 e. The summed E-state index contributed by atoms with van der Waals surface area (Å²) in [4.78, 5) is 25.5. The number of carbonyl (C=O) groups is 2. The Kier molecular flexibility index (Phi) is 5.17. The van der Waals surface area contributed by atoms with Crippen molar-refractivity contribution in [2.24, 2.45) is 0 Å². The van der Waals surface area contributed by atoms with Crippen molar-refractivity contribution in [1.82, 2.24) is 15.5 Å². The number of hydrogen-bond donors (Lipinski definition) is 2. The third kappa shape index (κ3) is 4.38. The highest BCUT2D eigenvalue weighted by Gasteiger charge is 2.21. The molecular weight excluding hydrogens is 258 g/mol. The van der Waals surface area contributed by atoms with E-state index in [4.69, 9.17) is 4.42 Å². The molecule has 1 aromatic heterocycles. The Bertz CT molecular complexity index is 445. The van der Waals surface area contributed by atoms with Crippen LogP contribution in [-0.4, -0.2) is 36.0 Å². The number of amides is 3. The van der Waals surface area contributed by atoms with Crippen LogP contribution in [0.5, 0.6) is 0 Å². The van der Waals surface area contributed by atoms with Crippen molar-refractivity contribution in [3.8, 4) is 0 Å². The van der Waals surface area contributed by atoms with Gasteiger partial charge in [-0.3, -0.25) is 15.0 Å². The zero-order chi connectivity index (χ0) is 14.4. The van der Waals surface area contributed by atoms with Crippen LogP contribution < -0.4 is 10.6 Å². The first kappa shape index (κ1) is 14.6. The van der Waals surface area contributed by atoms with Gasteiger partial charge in [0.1, 0.15) is 5.76 Å². The lowest BCUT2D eigenvalue weighted by Gasteiger charge is -2.32. The first-order valence-corrected chi connectivity index (χ1v) is 6.99. The van der Waals surface area contributed by atoms with E-state index < -0.39 is 6.03 Å². The lowest BCUT2D eigenvalue weighted by molar-refractivity contribution is -0.122. The molecular formula is C14H21N3O3. The molecule has 1 atom stereocenters. The van der Waals surface area contributed by atoms with Gasteiger partial charge in [-0.1, -0.05) is 6.42 Å². The molecule has 0 aliphatic carbocycles. The van der Waals surface area contributed by atoms with E-state index in [9.17, 15) is 9.59 Å². The van der Waals surface area contributed by atoms with Crippen LogP contribution in [0.25, 0.3) is 0 Å². The van der Waals surface area contributed by atoms with Crippen molar-refractivity contribution in [1.29, 1.82) is 0 Å². The predicted molar refractivity (Wildman–Crippen MR) is 74.0 cm³/mol. The van der Waals surface area contributed by atoms with E-state index in [1.165, 1.54) is 12.7 Å². The van der Waals surface area contributed by atoms with Gasteiger partial charge >= 0.3 is 6.03 Å². The van der Waals surface area contributed by atoms with Crippen LogP contribution in [0, 0.1) is 0 Å². The number of likely N-dealkylation sites (tertiary alicyclic amines) is 1. The Hall–Kier alpha value is -1.82. The number of imide groups is 1. The van der Waals surface area contributed by atoms with Gasteiger partial charge in [-0.25, -0.2) is 4.79 Å². The van der Waals surface area contributed by atoms with Crippen molar-refractivity contribution >= 4 is 11.9 Å². The number of urea groups is 1. The maximum Gasteiger partial charge on any atom is 0.321 e. The largest absolute Gasteiger partial charge is 0.467 e. The average molecular weight is 279 g/mol. The molecule has 6 nitrogen and oxygen atoms in total. The molecule has 1 aromatic rings. The first-order valence-electron chi connectivity index (χ1n) is 6.99. The second kappa shape index (κ2) is 7.09. The lowest BCUT2D eigenvalue weighted by Crippen LogP contribution is -2.47. The molecule has 0 bridgehead atoms. The molecule has 0 unspecified atom stereocenters. The fourth-order valence-corrected chi connectivity index (χ4v) is 2.37. The van der Waals surface area contributed by atoms with Gasteiger partial charge in [-0.15, -0.1) is 0 Å². The number of furan rings is 1. The van der Waals surface area contributed by atoms with Crippen LogP contribution in [0.15, 0.2) is 22.8 Å². The summed E-state index contributed by atoms with van der Waals surface area (Å²) in [6.07, 6.45) is 4.97. The summed E-state index contributed by atoms with van der Waals surface area (Å²) >= 11 is 0. The molecule has 6 heteroatoms. The predicted octanol–water partition coefficient (Wildman–Crippen LogP) is 1.48. The van der Waals surface area contributed by atoms with Crippen molar-refractivity contribution in [3.05, 3.63) is 24.2 Å².